The highest BCUT2D eigenvalue weighted by Crippen LogP contribution is 2.45. The van der Waals surface area contributed by atoms with Crippen molar-refractivity contribution in [1.82, 2.24) is 0 Å². The molecule has 0 aliphatic carbocycles. The van der Waals surface area contributed by atoms with Crippen LogP contribution in [0.15, 0.2) is 267 Å². The van der Waals surface area contributed by atoms with Crippen molar-refractivity contribution in [3.05, 3.63) is 267 Å². The predicted octanol–water partition coefficient (Wildman–Crippen LogP) is 17.6. The van der Waals surface area contributed by atoms with Gasteiger partial charge in [0.05, 0.1) is 11.4 Å². The molecular formula is C62H44N2. The van der Waals surface area contributed by atoms with Crippen LogP contribution >= 0.6 is 0 Å². The van der Waals surface area contributed by atoms with Gasteiger partial charge in [-0.05, 0) is 122 Å². The predicted molar refractivity (Wildman–Crippen MR) is 273 cm³/mol. The number of hydrogen-bond acceptors (Lipinski definition) is 2. The van der Waals surface area contributed by atoms with Crippen molar-refractivity contribution in [2.75, 3.05) is 9.80 Å². The fourth-order valence-electron chi connectivity index (χ4n) is 9.22. The monoisotopic (exact) mass is 816 g/mol. The Morgan fingerprint density at radius 2 is 0.531 bits per heavy atom. The highest BCUT2D eigenvalue weighted by atomic mass is 15.1. The molecule has 11 rings (SSSR count). The Labute approximate surface area is 375 Å². The maximum absolute atomic E-state index is 2.38. The van der Waals surface area contributed by atoms with E-state index in [-0.39, 0.29) is 0 Å². The van der Waals surface area contributed by atoms with Gasteiger partial charge in [-0.3, -0.25) is 0 Å². The highest BCUT2D eigenvalue weighted by Gasteiger charge is 2.20. The second-order valence-corrected chi connectivity index (χ2v) is 16.1. The minimum absolute atomic E-state index is 1.09. The van der Waals surface area contributed by atoms with Gasteiger partial charge in [-0.2, -0.15) is 0 Å². The first kappa shape index (κ1) is 38.5. The summed E-state index contributed by atoms with van der Waals surface area (Å²) in [6.45, 7) is 0. The summed E-state index contributed by atoms with van der Waals surface area (Å²) in [5.74, 6) is 0. The first-order chi connectivity index (χ1) is 31.8. The smallest absolute Gasteiger partial charge is 0.0540 e. The maximum atomic E-state index is 2.38. The van der Waals surface area contributed by atoms with Crippen LogP contribution < -0.4 is 9.80 Å². The molecule has 0 N–H and O–H groups in total. The Morgan fingerprint density at radius 3 is 0.984 bits per heavy atom. The molecule has 0 unspecified atom stereocenters. The first-order valence-corrected chi connectivity index (χ1v) is 21.9. The molecule has 2 nitrogen and oxygen atoms in total. The number of nitrogens with zero attached hydrogens (tertiary/aromatic N) is 2. The molecule has 0 aliphatic heterocycles. The number of benzene rings is 11. The van der Waals surface area contributed by atoms with E-state index < -0.39 is 0 Å². The number of hydrogen-bond donors (Lipinski definition) is 0. The van der Waals surface area contributed by atoms with Gasteiger partial charge < -0.3 is 9.80 Å². The van der Waals surface area contributed by atoms with Crippen molar-refractivity contribution < 1.29 is 0 Å². The molecule has 0 saturated heterocycles. The average molecular weight is 817 g/mol. The average Bonchev–Trinajstić information content (AvgIpc) is 3.38. The quantitative estimate of drug-likeness (QED) is 0.136. The van der Waals surface area contributed by atoms with Crippen molar-refractivity contribution in [3.63, 3.8) is 0 Å². The van der Waals surface area contributed by atoms with Crippen LogP contribution in [0, 0.1) is 0 Å². The molecule has 64 heavy (non-hydrogen) atoms. The summed E-state index contributed by atoms with van der Waals surface area (Å²) in [5.41, 5.74) is 16.0. The number of fused-ring (bicyclic) bond motifs is 2. The molecule has 0 amide bonds. The van der Waals surface area contributed by atoms with Gasteiger partial charge in [0, 0.05) is 33.9 Å². The van der Waals surface area contributed by atoms with E-state index in [0.29, 0.717) is 0 Å². The third kappa shape index (κ3) is 7.38. The lowest BCUT2D eigenvalue weighted by atomic mass is 9.95. The largest absolute Gasteiger partial charge is 0.310 e. The summed E-state index contributed by atoms with van der Waals surface area (Å²) in [6, 6.07) is 96.2. The molecule has 0 fully saturated rings. The van der Waals surface area contributed by atoms with Crippen LogP contribution in [0.1, 0.15) is 0 Å². The summed E-state index contributed by atoms with van der Waals surface area (Å²) < 4.78 is 0. The summed E-state index contributed by atoms with van der Waals surface area (Å²) in [7, 11) is 0. The van der Waals surface area contributed by atoms with E-state index in [9.17, 15) is 0 Å². The van der Waals surface area contributed by atoms with Gasteiger partial charge in [-0.15, -0.1) is 0 Å². The number of para-hydroxylation sites is 4. The minimum Gasteiger partial charge on any atom is -0.310 e. The molecule has 2 heteroatoms. The molecule has 0 spiro atoms. The lowest BCUT2D eigenvalue weighted by Crippen LogP contribution is -2.11. The van der Waals surface area contributed by atoms with Crippen molar-refractivity contribution in [2.24, 2.45) is 0 Å². The molecule has 0 aromatic heterocycles. The van der Waals surface area contributed by atoms with Gasteiger partial charge in [0.15, 0.2) is 0 Å². The number of rotatable bonds is 10. The zero-order valence-corrected chi connectivity index (χ0v) is 35.3. The lowest BCUT2D eigenvalue weighted by molar-refractivity contribution is 1.28. The molecule has 11 aromatic carbocycles. The van der Waals surface area contributed by atoms with Crippen molar-refractivity contribution >= 4 is 55.7 Å². The van der Waals surface area contributed by atoms with Gasteiger partial charge >= 0.3 is 0 Å². The lowest BCUT2D eigenvalue weighted by Gasteiger charge is -2.29. The Balaban J connectivity index is 0.986. The first-order valence-electron chi connectivity index (χ1n) is 21.9. The second kappa shape index (κ2) is 17.1. The van der Waals surface area contributed by atoms with Crippen molar-refractivity contribution in [1.29, 1.82) is 0 Å². The third-order valence-electron chi connectivity index (χ3n) is 12.3. The Hall–Kier alpha value is -8.46. The van der Waals surface area contributed by atoms with Crippen LogP contribution in [0.3, 0.4) is 0 Å². The summed E-state index contributed by atoms with van der Waals surface area (Å²) in [6.07, 6.45) is 0. The zero-order valence-electron chi connectivity index (χ0n) is 35.3. The standard InChI is InChI=1S/C62H44N2/c1-3-24-51(25-4-1)63(53-40-36-47(37-41-53)57-32-16-20-45-18-7-9-28-55(45)57)61-34-13-11-30-59(61)49-22-15-23-50(44-49)60-31-12-14-35-62(60)64(52-26-5-2-6-27-52)54-42-38-48(39-43-54)58-33-17-21-46-19-8-10-29-56(46)58/h1-44H. The van der Waals surface area contributed by atoms with E-state index in [1.165, 1.54) is 43.8 Å². The summed E-state index contributed by atoms with van der Waals surface area (Å²) in [5, 5.41) is 5.00. The topological polar surface area (TPSA) is 6.48 Å². The highest BCUT2D eigenvalue weighted by molar-refractivity contribution is 5.99. The molecule has 0 bridgehead atoms. The van der Waals surface area contributed by atoms with Crippen LogP contribution in [0.2, 0.25) is 0 Å². The maximum Gasteiger partial charge on any atom is 0.0540 e. The molecule has 11 aromatic rings. The van der Waals surface area contributed by atoms with Crippen LogP contribution in [0.4, 0.5) is 34.1 Å². The normalized spacial score (nSPS) is 11.1. The third-order valence-corrected chi connectivity index (χ3v) is 12.3. The van der Waals surface area contributed by atoms with E-state index in [1.807, 2.05) is 0 Å². The van der Waals surface area contributed by atoms with E-state index in [4.69, 9.17) is 0 Å². The van der Waals surface area contributed by atoms with Gasteiger partial charge in [-0.1, -0.05) is 200 Å². The second-order valence-electron chi connectivity index (χ2n) is 16.1. The van der Waals surface area contributed by atoms with Gasteiger partial charge in [0.1, 0.15) is 0 Å². The molecule has 0 radical (unpaired) electrons. The molecular weight excluding hydrogens is 773 g/mol. The van der Waals surface area contributed by atoms with Crippen molar-refractivity contribution in [3.8, 4) is 44.5 Å². The van der Waals surface area contributed by atoms with E-state index >= 15 is 0 Å². The molecule has 302 valence electrons. The van der Waals surface area contributed by atoms with E-state index in [1.54, 1.807) is 0 Å². The Bertz CT molecular complexity index is 3140. The fourth-order valence-corrected chi connectivity index (χ4v) is 9.22. The zero-order chi connectivity index (χ0) is 42.7. The Morgan fingerprint density at radius 1 is 0.203 bits per heavy atom. The summed E-state index contributed by atoms with van der Waals surface area (Å²) >= 11 is 0. The minimum atomic E-state index is 1.09. The van der Waals surface area contributed by atoms with E-state index in [0.717, 1.165) is 56.4 Å². The van der Waals surface area contributed by atoms with E-state index in [2.05, 4.69) is 277 Å². The summed E-state index contributed by atoms with van der Waals surface area (Å²) in [4.78, 5) is 4.75. The van der Waals surface area contributed by atoms with Gasteiger partial charge in [0.25, 0.3) is 0 Å². The molecule has 0 saturated carbocycles. The molecule has 0 atom stereocenters. The molecule has 0 aliphatic rings. The van der Waals surface area contributed by atoms with Crippen LogP contribution in [-0.2, 0) is 0 Å². The van der Waals surface area contributed by atoms with Crippen molar-refractivity contribution in [2.45, 2.75) is 0 Å². The van der Waals surface area contributed by atoms with Gasteiger partial charge in [0.2, 0.25) is 0 Å². The van der Waals surface area contributed by atoms with Crippen LogP contribution in [-0.4, -0.2) is 0 Å². The number of anilines is 6. The molecule has 0 heterocycles. The SMILES string of the molecule is c1ccc(N(c2ccc(-c3cccc4ccccc34)cc2)c2ccccc2-c2cccc(-c3ccccc3N(c3ccccc3)c3ccc(-c4cccc5ccccc45)cc3)c2)cc1. The van der Waals surface area contributed by atoms with Gasteiger partial charge in [-0.25, -0.2) is 0 Å². The Kier molecular flexibility index (Phi) is 10.3. The van der Waals surface area contributed by atoms with Crippen LogP contribution in [0.25, 0.3) is 66.1 Å². The van der Waals surface area contributed by atoms with Crippen LogP contribution in [0.5, 0.6) is 0 Å². The fraction of sp³-hybridized carbons (Fsp3) is 0.